The standard InChI is InChI=1S/C16H21ClN6OS/c1-23(2)16-21-13(20-15(18)22-16)10-25-8-7-14(24)19-9-11-5-3-4-6-12(11)17/h3-6H,7-10H2,1-2H3,(H,19,24)(H2,18,20,21,22). The SMILES string of the molecule is CN(C)c1nc(N)nc(CSCCC(=O)NCc2ccccc2Cl)n1. The Hall–Kier alpha value is -2.06. The molecule has 1 amide bonds. The number of benzene rings is 1. The summed E-state index contributed by atoms with van der Waals surface area (Å²) in [6, 6.07) is 7.46. The van der Waals surface area contributed by atoms with Gasteiger partial charge in [0.25, 0.3) is 0 Å². The van der Waals surface area contributed by atoms with Crippen LogP contribution in [-0.4, -0.2) is 40.7 Å². The Morgan fingerprint density at radius 2 is 2.04 bits per heavy atom. The zero-order valence-electron chi connectivity index (χ0n) is 14.2. The number of aromatic nitrogens is 3. The van der Waals surface area contributed by atoms with E-state index in [1.165, 1.54) is 0 Å². The van der Waals surface area contributed by atoms with Crippen LogP contribution in [0.3, 0.4) is 0 Å². The first-order valence-electron chi connectivity index (χ1n) is 7.71. The zero-order valence-corrected chi connectivity index (χ0v) is 15.8. The van der Waals surface area contributed by atoms with Crippen LogP contribution >= 0.6 is 23.4 Å². The number of nitrogens with two attached hydrogens (primary N) is 1. The highest BCUT2D eigenvalue weighted by Crippen LogP contribution is 2.15. The third-order valence-corrected chi connectivity index (χ3v) is 4.55. The predicted molar refractivity (Wildman–Crippen MR) is 103 cm³/mol. The Morgan fingerprint density at radius 1 is 1.28 bits per heavy atom. The number of thioether (sulfide) groups is 1. The molecule has 0 aliphatic rings. The fourth-order valence-corrected chi connectivity index (χ4v) is 2.93. The highest BCUT2D eigenvalue weighted by molar-refractivity contribution is 7.98. The van der Waals surface area contributed by atoms with Crippen LogP contribution < -0.4 is 16.0 Å². The van der Waals surface area contributed by atoms with Crippen LogP contribution in [0.2, 0.25) is 5.02 Å². The maximum Gasteiger partial charge on any atom is 0.229 e. The second-order valence-electron chi connectivity index (χ2n) is 5.47. The molecule has 0 radical (unpaired) electrons. The monoisotopic (exact) mass is 380 g/mol. The number of rotatable bonds is 8. The van der Waals surface area contributed by atoms with E-state index < -0.39 is 0 Å². The van der Waals surface area contributed by atoms with Crippen LogP contribution in [-0.2, 0) is 17.1 Å². The van der Waals surface area contributed by atoms with Crippen molar-refractivity contribution in [1.82, 2.24) is 20.3 Å². The molecule has 3 N–H and O–H groups in total. The van der Waals surface area contributed by atoms with E-state index in [1.54, 1.807) is 22.7 Å². The molecule has 0 aliphatic heterocycles. The van der Waals surface area contributed by atoms with Gasteiger partial charge in [0, 0.05) is 37.8 Å². The number of anilines is 2. The molecule has 0 fully saturated rings. The lowest BCUT2D eigenvalue weighted by Crippen LogP contribution is -2.23. The van der Waals surface area contributed by atoms with Crippen molar-refractivity contribution in [2.45, 2.75) is 18.7 Å². The van der Waals surface area contributed by atoms with Crippen molar-refractivity contribution in [2.75, 3.05) is 30.5 Å². The normalized spacial score (nSPS) is 10.5. The fourth-order valence-electron chi connectivity index (χ4n) is 1.94. The Morgan fingerprint density at radius 3 is 2.76 bits per heavy atom. The summed E-state index contributed by atoms with van der Waals surface area (Å²) in [4.78, 5) is 26.2. The lowest BCUT2D eigenvalue weighted by molar-refractivity contribution is -0.120. The maximum atomic E-state index is 11.9. The van der Waals surface area contributed by atoms with Gasteiger partial charge in [0.05, 0.1) is 5.75 Å². The Balaban J connectivity index is 1.72. The molecule has 1 aromatic carbocycles. The summed E-state index contributed by atoms with van der Waals surface area (Å²) in [7, 11) is 3.68. The lowest BCUT2D eigenvalue weighted by Gasteiger charge is -2.11. The molecule has 2 rings (SSSR count). The van der Waals surface area contributed by atoms with Gasteiger partial charge in [-0.15, -0.1) is 0 Å². The summed E-state index contributed by atoms with van der Waals surface area (Å²) >= 11 is 7.64. The molecule has 134 valence electrons. The molecular formula is C16H21ClN6OS. The molecule has 2 aromatic rings. The topological polar surface area (TPSA) is 97.0 Å². The summed E-state index contributed by atoms with van der Waals surface area (Å²) in [5.74, 6) is 2.56. The predicted octanol–water partition coefficient (Wildman–Crippen LogP) is 2.11. The molecule has 7 nitrogen and oxygen atoms in total. The van der Waals surface area contributed by atoms with E-state index in [0.29, 0.717) is 41.3 Å². The number of carbonyl (C=O) groups is 1. The van der Waals surface area contributed by atoms with Gasteiger partial charge in [0.1, 0.15) is 5.82 Å². The van der Waals surface area contributed by atoms with E-state index in [9.17, 15) is 4.79 Å². The van der Waals surface area contributed by atoms with Crippen molar-refractivity contribution in [2.24, 2.45) is 0 Å². The minimum absolute atomic E-state index is 0.0171. The number of carbonyl (C=O) groups excluding carboxylic acids is 1. The van der Waals surface area contributed by atoms with Crippen LogP contribution in [0.1, 0.15) is 17.8 Å². The number of amides is 1. The summed E-state index contributed by atoms with van der Waals surface area (Å²) in [6.07, 6.45) is 0.413. The van der Waals surface area contributed by atoms with Gasteiger partial charge < -0.3 is 16.0 Å². The average Bonchev–Trinajstić information content (AvgIpc) is 2.57. The van der Waals surface area contributed by atoms with Gasteiger partial charge in [-0.05, 0) is 11.6 Å². The Bertz CT molecular complexity index is 728. The van der Waals surface area contributed by atoms with Gasteiger partial charge in [-0.1, -0.05) is 29.8 Å². The van der Waals surface area contributed by atoms with E-state index in [2.05, 4.69) is 20.3 Å². The summed E-state index contributed by atoms with van der Waals surface area (Å²) < 4.78 is 0. The molecule has 0 unspecified atom stereocenters. The first kappa shape index (κ1) is 19.3. The number of nitrogens with one attached hydrogen (secondary N) is 1. The van der Waals surface area contributed by atoms with Crippen LogP contribution in [0.4, 0.5) is 11.9 Å². The van der Waals surface area contributed by atoms with Crippen molar-refractivity contribution in [3.8, 4) is 0 Å². The van der Waals surface area contributed by atoms with Gasteiger partial charge >= 0.3 is 0 Å². The van der Waals surface area contributed by atoms with E-state index in [0.717, 1.165) is 5.56 Å². The summed E-state index contributed by atoms with van der Waals surface area (Å²) in [5, 5.41) is 3.52. The van der Waals surface area contributed by atoms with Crippen LogP contribution in [0.25, 0.3) is 0 Å². The first-order chi connectivity index (χ1) is 12.0. The molecule has 0 atom stereocenters. The Kier molecular flexibility index (Phi) is 7.27. The minimum atomic E-state index is -0.0171. The quantitative estimate of drug-likeness (QED) is 0.677. The third kappa shape index (κ3) is 6.39. The fraction of sp³-hybridized carbons (Fsp3) is 0.375. The highest BCUT2D eigenvalue weighted by Gasteiger charge is 2.08. The lowest BCUT2D eigenvalue weighted by atomic mass is 10.2. The minimum Gasteiger partial charge on any atom is -0.368 e. The smallest absolute Gasteiger partial charge is 0.229 e. The van der Waals surface area contributed by atoms with Crippen LogP contribution in [0, 0.1) is 0 Å². The number of hydrogen-bond donors (Lipinski definition) is 2. The molecule has 0 saturated carbocycles. The van der Waals surface area contributed by atoms with Crippen LogP contribution in [0.5, 0.6) is 0 Å². The number of hydrogen-bond acceptors (Lipinski definition) is 7. The largest absolute Gasteiger partial charge is 0.368 e. The average molecular weight is 381 g/mol. The molecule has 1 heterocycles. The van der Waals surface area contributed by atoms with Crippen molar-refractivity contribution in [3.63, 3.8) is 0 Å². The van der Waals surface area contributed by atoms with Gasteiger partial charge in [-0.3, -0.25) is 4.79 Å². The third-order valence-electron chi connectivity index (χ3n) is 3.23. The molecule has 25 heavy (non-hydrogen) atoms. The van der Waals surface area contributed by atoms with Gasteiger partial charge in [-0.2, -0.15) is 26.7 Å². The van der Waals surface area contributed by atoms with E-state index >= 15 is 0 Å². The van der Waals surface area contributed by atoms with E-state index in [-0.39, 0.29) is 11.9 Å². The molecule has 1 aromatic heterocycles. The molecule has 0 spiro atoms. The molecular weight excluding hydrogens is 360 g/mol. The zero-order chi connectivity index (χ0) is 18.2. The van der Waals surface area contributed by atoms with Crippen molar-refractivity contribution >= 4 is 41.2 Å². The van der Waals surface area contributed by atoms with Crippen molar-refractivity contribution in [3.05, 3.63) is 40.7 Å². The van der Waals surface area contributed by atoms with E-state index in [4.69, 9.17) is 17.3 Å². The van der Waals surface area contributed by atoms with Gasteiger partial charge in [0.2, 0.25) is 17.8 Å². The maximum absolute atomic E-state index is 11.9. The van der Waals surface area contributed by atoms with Crippen molar-refractivity contribution in [1.29, 1.82) is 0 Å². The molecule has 0 bridgehead atoms. The first-order valence-corrected chi connectivity index (χ1v) is 9.24. The molecule has 0 saturated heterocycles. The molecule has 9 heteroatoms. The number of halogens is 1. The highest BCUT2D eigenvalue weighted by atomic mass is 35.5. The van der Waals surface area contributed by atoms with E-state index in [1.807, 2.05) is 32.3 Å². The summed E-state index contributed by atoms with van der Waals surface area (Å²) in [5.41, 5.74) is 6.59. The number of nitrogen functional groups attached to an aromatic ring is 1. The summed E-state index contributed by atoms with van der Waals surface area (Å²) in [6.45, 7) is 0.430. The number of nitrogens with zero attached hydrogens (tertiary/aromatic N) is 4. The van der Waals surface area contributed by atoms with Gasteiger partial charge in [0.15, 0.2) is 0 Å². The molecule has 0 aliphatic carbocycles. The Labute approximate surface area is 156 Å². The second-order valence-corrected chi connectivity index (χ2v) is 6.99. The van der Waals surface area contributed by atoms with Crippen molar-refractivity contribution < 1.29 is 4.79 Å². The van der Waals surface area contributed by atoms with Crippen LogP contribution in [0.15, 0.2) is 24.3 Å². The second kappa shape index (κ2) is 9.43. The van der Waals surface area contributed by atoms with Gasteiger partial charge in [-0.25, -0.2) is 0 Å².